The molecule has 0 saturated carbocycles. The Balaban J connectivity index is 2.94. The Morgan fingerprint density at radius 2 is 2.36 bits per heavy atom. The van der Waals surface area contributed by atoms with E-state index < -0.39 is 0 Å². The van der Waals surface area contributed by atoms with E-state index in [0.29, 0.717) is 0 Å². The molecule has 0 bridgehead atoms. The second-order valence-electron chi connectivity index (χ2n) is 2.66. The summed E-state index contributed by atoms with van der Waals surface area (Å²) in [6.45, 7) is 7.73. The van der Waals surface area contributed by atoms with Crippen molar-refractivity contribution in [2.75, 3.05) is 6.61 Å². The number of aromatic nitrogens is 2. The van der Waals surface area contributed by atoms with Crippen molar-refractivity contribution in [2.24, 2.45) is 0 Å². The van der Waals surface area contributed by atoms with Crippen LogP contribution in [0.5, 0.6) is 0 Å². The number of rotatable bonds is 2. The van der Waals surface area contributed by atoms with Gasteiger partial charge in [-0.25, -0.2) is 4.98 Å². The monoisotopic (exact) mass is 153 g/mol. The third-order valence-electron chi connectivity index (χ3n) is 1.89. The first-order valence-electron chi connectivity index (χ1n) is 3.60. The van der Waals surface area contributed by atoms with Crippen LogP contribution in [-0.2, 0) is 0 Å². The van der Waals surface area contributed by atoms with Crippen molar-refractivity contribution in [1.29, 1.82) is 0 Å². The second kappa shape index (κ2) is 3.05. The number of hydrogen-bond acceptors (Lipinski definition) is 2. The number of nitrogens with zero attached hydrogens (tertiary/aromatic N) is 2. The lowest BCUT2D eigenvalue weighted by Gasteiger charge is -2.11. The van der Waals surface area contributed by atoms with Crippen LogP contribution in [0.15, 0.2) is 6.33 Å². The zero-order valence-electron chi connectivity index (χ0n) is 6.91. The number of aliphatic hydroxyl groups is 1. The van der Waals surface area contributed by atoms with Gasteiger partial charge in [0.1, 0.15) is 0 Å². The number of aliphatic hydroxyl groups excluding tert-OH is 1. The van der Waals surface area contributed by atoms with Gasteiger partial charge in [-0.2, -0.15) is 0 Å². The van der Waals surface area contributed by atoms with Gasteiger partial charge in [0.25, 0.3) is 0 Å². The average molecular weight is 153 g/mol. The molecule has 61 valence electrons. The summed E-state index contributed by atoms with van der Waals surface area (Å²) in [7, 11) is 0. The van der Waals surface area contributed by atoms with Crippen molar-refractivity contribution >= 4 is 0 Å². The Morgan fingerprint density at radius 1 is 1.73 bits per heavy atom. The summed E-state index contributed by atoms with van der Waals surface area (Å²) >= 11 is 0. The van der Waals surface area contributed by atoms with E-state index in [1.807, 2.05) is 18.4 Å². The largest absolute Gasteiger partial charge is 0.394 e. The van der Waals surface area contributed by atoms with Gasteiger partial charge in [-0.05, 0) is 20.8 Å². The van der Waals surface area contributed by atoms with Gasteiger partial charge in [-0.15, -0.1) is 0 Å². The smallest absolute Gasteiger partial charge is 0.0954 e. The molecule has 0 fully saturated rings. The van der Waals surface area contributed by atoms with Gasteiger partial charge < -0.3 is 9.67 Å². The highest BCUT2D eigenvalue weighted by atomic mass is 16.3. The van der Waals surface area contributed by atoms with Crippen molar-refractivity contribution < 1.29 is 5.11 Å². The molecule has 0 aliphatic carbocycles. The van der Waals surface area contributed by atoms with Crippen LogP contribution in [0.2, 0.25) is 0 Å². The van der Waals surface area contributed by atoms with Crippen molar-refractivity contribution in [1.82, 2.24) is 9.55 Å². The van der Waals surface area contributed by atoms with Crippen molar-refractivity contribution in [3.8, 4) is 0 Å². The van der Waals surface area contributed by atoms with Crippen molar-refractivity contribution in [3.05, 3.63) is 24.6 Å². The van der Waals surface area contributed by atoms with Crippen LogP contribution in [0.3, 0.4) is 0 Å². The standard InChI is InChI=1S/C8H13N2O/c1-6(4-11)10-5-9-7(2)8(10)3/h5-6,11H,1,4H2,2-3H3. The Labute approximate surface area is 66.7 Å². The fraction of sp³-hybridized carbons (Fsp3) is 0.500. The molecule has 1 aromatic rings. The molecule has 3 nitrogen and oxygen atoms in total. The van der Waals surface area contributed by atoms with Gasteiger partial charge >= 0.3 is 0 Å². The van der Waals surface area contributed by atoms with Crippen LogP contribution in [0.1, 0.15) is 17.4 Å². The highest BCUT2D eigenvalue weighted by Crippen LogP contribution is 2.10. The van der Waals surface area contributed by atoms with Crippen LogP contribution in [0, 0.1) is 20.8 Å². The van der Waals surface area contributed by atoms with Crippen molar-refractivity contribution in [3.63, 3.8) is 0 Å². The zero-order chi connectivity index (χ0) is 8.43. The topological polar surface area (TPSA) is 38.0 Å². The maximum atomic E-state index is 8.81. The molecule has 1 rings (SSSR count). The Hall–Kier alpha value is -0.830. The summed E-state index contributed by atoms with van der Waals surface area (Å²) in [5, 5.41) is 8.81. The molecule has 1 radical (unpaired) electrons. The minimum atomic E-state index is -0.115. The highest BCUT2D eigenvalue weighted by Gasteiger charge is 2.07. The molecule has 0 spiro atoms. The van der Waals surface area contributed by atoms with Gasteiger partial charge in [0.15, 0.2) is 0 Å². The van der Waals surface area contributed by atoms with Crippen LogP contribution in [0.4, 0.5) is 0 Å². The molecule has 1 unspecified atom stereocenters. The van der Waals surface area contributed by atoms with Crippen LogP contribution in [-0.4, -0.2) is 21.3 Å². The molecule has 0 amide bonds. The average Bonchev–Trinajstić information content (AvgIpc) is 2.32. The van der Waals surface area contributed by atoms with Gasteiger partial charge in [0, 0.05) is 5.69 Å². The molecular formula is C8H13N2O. The summed E-state index contributed by atoms with van der Waals surface area (Å²) in [5.41, 5.74) is 2.06. The van der Waals surface area contributed by atoms with Crippen molar-refractivity contribution in [2.45, 2.75) is 19.9 Å². The predicted octanol–water partition coefficient (Wildman–Crippen LogP) is 0.867. The van der Waals surface area contributed by atoms with E-state index in [9.17, 15) is 0 Å². The molecule has 1 heterocycles. The van der Waals surface area contributed by atoms with E-state index in [1.54, 1.807) is 6.33 Å². The third-order valence-corrected chi connectivity index (χ3v) is 1.89. The Morgan fingerprint density at radius 3 is 2.73 bits per heavy atom. The SMILES string of the molecule is [CH2]C(CO)n1cnc(C)c1C. The summed E-state index contributed by atoms with van der Waals surface area (Å²) in [6, 6.07) is -0.115. The summed E-state index contributed by atoms with van der Waals surface area (Å²) in [6.07, 6.45) is 1.71. The highest BCUT2D eigenvalue weighted by molar-refractivity contribution is 5.09. The van der Waals surface area contributed by atoms with E-state index in [4.69, 9.17) is 5.11 Å². The van der Waals surface area contributed by atoms with Gasteiger partial charge in [-0.3, -0.25) is 0 Å². The normalized spacial score (nSPS) is 13.5. The maximum absolute atomic E-state index is 8.81. The van der Waals surface area contributed by atoms with E-state index in [1.165, 1.54) is 0 Å². The maximum Gasteiger partial charge on any atom is 0.0954 e. The molecule has 0 aliphatic heterocycles. The fourth-order valence-corrected chi connectivity index (χ4v) is 0.972. The molecule has 1 aromatic heterocycles. The summed E-state index contributed by atoms with van der Waals surface area (Å²) < 4.78 is 1.87. The van der Waals surface area contributed by atoms with E-state index in [2.05, 4.69) is 11.9 Å². The van der Waals surface area contributed by atoms with Crippen LogP contribution >= 0.6 is 0 Å². The fourth-order valence-electron chi connectivity index (χ4n) is 0.972. The predicted molar refractivity (Wildman–Crippen MR) is 43.2 cm³/mol. The Bertz CT molecular complexity index is 242. The van der Waals surface area contributed by atoms with Gasteiger partial charge in [0.05, 0.1) is 24.7 Å². The summed E-state index contributed by atoms with van der Waals surface area (Å²) in [5.74, 6) is 0. The molecule has 0 saturated heterocycles. The third kappa shape index (κ3) is 1.43. The lowest BCUT2D eigenvalue weighted by molar-refractivity contribution is 0.250. The first-order chi connectivity index (χ1) is 5.16. The first kappa shape index (κ1) is 8.27. The van der Waals surface area contributed by atoms with E-state index >= 15 is 0 Å². The lowest BCUT2D eigenvalue weighted by Crippen LogP contribution is -2.09. The molecular weight excluding hydrogens is 140 g/mol. The number of aryl methyl sites for hydroxylation is 1. The lowest BCUT2D eigenvalue weighted by atomic mass is 10.3. The quantitative estimate of drug-likeness (QED) is 0.684. The second-order valence-corrected chi connectivity index (χ2v) is 2.66. The van der Waals surface area contributed by atoms with Crippen LogP contribution < -0.4 is 0 Å². The minimum Gasteiger partial charge on any atom is -0.394 e. The Kier molecular flexibility index (Phi) is 2.29. The summed E-state index contributed by atoms with van der Waals surface area (Å²) in [4.78, 5) is 4.10. The molecule has 0 aliphatic rings. The first-order valence-corrected chi connectivity index (χ1v) is 3.60. The molecule has 3 heteroatoms. The van der Waals surface area contributed by atoms with E-state index in [-0.39, 0.29) is 12.6 Å². The minimum absolute atomic E-state index is 0.0522. The zero-order valence-corrected chi connectivity index (χ0v) is 6.91. The molecule has 1 atom stereocenters. The molecule has 1 N–H and O–H groups in total. The number of imidazole rings is 1. The van der Waals surface area contributed by atoms with Crippen LogP contribution in [0.25, 0.3) is 0 Å². The molecule has 11 heavy (non-hydrogen) atoms. The molecule has 0 aromatic carbocycles. The van der Waals surface area contributed by atoms with Gasteiger partial charge in [-0.1, -0.05) is 0 Å². The van der Waals surface area contributed by atoms with E-state index in [0.717, 1.165) is 11.4 Å². The van der Waals surface area contributed by atoms with Gasteiger partial charge in [0.2, 0.25) is 0 Å². The number of hydrogen-bond donors (Lipinski definition) is 1.